The van der Waals surface area contributed by atoms with Gasteiger partial charge in [-0.2, -0.15) is 4.98 Å². The van der Waals surface area contributed by atoms with E-state index >= 15 is 0 Å². The van der Waals surface area contributed by atoms with Gasteiger partial charge in [0.15, 0.2) is 11.2 Å². The fourth-order valence-electron chi connectivity index (χ4n) is 4.60. The average molecular weight is 425 g/mol. The molecule has 0 radical (unpaired) electrons. The van der Waals surface area contributed by atoms with E-state index in [1.54, 1.807) is 7.05 Å². The number of aromatic nitrogens is 4. The highest BCUT2D eigenvalue weighted by molar-refractivity contribution is 5.78. The van der Waals surface area contributed by atoms with Gasteiger partial charge in [0.2, 0.25) is 5.95 Å². The zero-order valence-electron chi connectivity index (χ0n) is 18.3. The molecule has 2 aromatic heterocycles. The number of benzene rings is 1. The number of ether oxygens (including phenoxy) is 1. The van der Waals surface area contributed by atoms with Crippen molar-refractivity contribution in [1.82, 2.24) is 23.6 Å². The lowest BCUT2D eigenvalue weighted by molar-refractivity contribution is 0.0361. The van der Waals surface area contributed by atoms with E-state index in [1.165, 1.54) is 20.3 Å². The Balaban J connectivity index is 1.57. The van der Waals surface area contributed by atoms with Crippen molar-refractivity contribution in [3.8, 4) is 0 Å². The minimum Gasteiger partial charge on any atom is -0.379 e. The molecule has 9 heteroatoms. The summed E-state index contributed by atoms with van der Waals surface area (Å²) in [4.78, 5) is 35.5. The lowest BCUT2D eigenvalue weighted by Crippen LogP contribution is -2.44. The molecule has 164 valence electrons. The Labute approximate surface area is 180 Å². The zero-order chi connectivity index (χ0) is 21.7. The topological polar surface area (TPSA) is 77.5 Å². The summed E-state index contributed by atoms with van der Waals surface area (Å²) in [6.45, 7) is 9.65. The summed E-state index contributed by atoms with van der Waals surface area (Å²) in [5, 5.41) is 0. The predicted octanol–water partition coefficient (Wildman–Crippen LogP) is 0.997. The molecule has 1 saturated heterocycles. The number of aryl methyl sites for hydroxylation is 2. The molecule has 0 unspecified atom stereocenters. The van der Waals surface area contributed by atoms with Crippen LogP contribution >= 0.6 is 0 Å². The van der Waals surface area contributed by atoms with Gasteiger partial charge in [-0.15, -0.1) is 0 Å². The van der Waals surface area contributed by atoms with Crippen molar-refractivity contribution >= 4 is 22.8 Å². The zero-order valence-corrected chi connectivity index (χ0v) is 18.3. The predicted molar refractivity (Wildman–Crippen MR) is 119 cm³/mol. The van der Waals surface area contributed by atoms with Crippen molar-refractivity contribution in [3.63, 3.8) is 0 Å². The molecule has 4 heterocycles. The summed E-state index contributed by atoms with van der Waals surface area (Å²) in [5.41, 5.74) is 3.87. The molecule has 0 bridgehead atoms. The third kappa shape index (κ3) is 3.19. The van der Waals surface area contributed by atoms with Crippen molar-refractivity contribution in [3.05, 3.63) is 50.2 Å². The van der Waals surface area contributed by atoms with Crippen molar-refractivity contribution in [2.45, 2.75) is 26.9 Å². The van der Waals surface area contributed by atoms with Crippen LogP contribution in [0.2, 0.25) is 0 Å². The van der Waals surface area contributed by atoms with E-state index < -0.39 is 0 Å². The highest BCUT2D eigenvalue weighted by Crippen LogP contribution is 2.34. The largest absolute Gasteiger partial charge is 0.379 e. The first-order valence-corrected chi connectivity index (χ1v) is 10.8. The normalized spacial score (nSPS) is 16.9. The second-order valence-electron chi connectivity index (χ2n) is 8.36. The maximum Gasteiger partial charge on any atom is 0.332 e. The van der Waals surface area contributed by atoms with Gasteiger partial charge in [-0.05, 0) is 31.0 Å². The number of imidazole rings is 1. The Bertz CT molecular complexity index is 1260. The summed E-state index contributed by atoms with van der Waals surface area (Å²) in [6.07, 6.45) is 0. The van der Waals surface area contributed by atoms with E-state index in [2.05, 4.69) is 35.8 Å². The number of hydrogen-bond acceptors (Lipinski definition) is 6. The molecule has 0 N–H and O–H groups in total. The summed E-state index contributed by atoms with van der Waals surface area (Å²) >= 11 is 0. The molecule has 0 spiro atoms. The highest BCUT2D eigenvalue weighted by atomic mass is 16.5. The Hall–Kier alpha value is -2.91. The minimum absolute atomic E-state index is 0.257. The van der Waals surface area contributed by atoms with Crippen LogP contribution in [-0.2, 0) is 24.9 Å². The first kappa shape index (κ1) is 20.0. The molecule has 0 aliphatic carbocycles. The fourth-order valence-corrected chi connectivity index (χ4v) is 4.60. The molecule has 3 aromatic rings. The lowest BCUT2D eigenvalue weighted by Gasteiger charge is -2.26. The van der Waals surface area contributed by atoms with Gasteiger partial charge in [0.1, 0.15) is 0 Å². The van der Waals surface area contributed by atoms with Crippen LogP contribution in [0.4, 0.5) is 11.6 Å². The van der Waals surface area contributed by atoms with Crippen molar-refractivity contribution in [2.24, 2.45) is 7.05 Å². The van der Waals surface area contributed by atoms with E-state index in [1.807, 2.05) is 10.6 Å². The van der Waals surface area contributed by atoms with Gasteiger partial charge in [0, 0.05) is 52.0 Å². The minimum atomic E-state index is -0.319. The van der Waals surface area contributed by atoms with Gasteiger partial charge < -0.3 is 14.2 Å². The quantitative estimate of drug-likeness (QED) is 0.622. The number of hydrogen-bond donors (Lipinski definition) is 0. The molecule has 1 fully saturated rings. The maximum absolute atomic E-state index is 13.4. The second-order valence-corrected chi connectivity index (χ2v) is 8.36. The molecule has 0 atom stereocenters. The van der Waals surface area contributed by atoms with Gasteiger partial charge >= 0.3 is 5.69 Å². The standard InChI is InChI=1S/C22H28N6O3/c1-15-5-4-6-17(16(15)2)26-9-10-27-18-19(23-21(26)27)24(3)22(30)28(20(18)29)8-7-25-11-13-31-14-12-25/h4-6H,7-14H2,1-3H3. The summed E-state index contributed by atoms with van der Waals surface area (Å²) in [6, 6.07) is 6.21. The van der Waals surface area contributed by atoms with E-state index in [9.17, 15) is 9.59 Å². The Morgan fingerprint density at radius 3 is 2.58 bits per heavy atom. The SMILES string of the molecule is Cc1cccc(N2CCn3c2nc2c3c(=O)n(CCN3CCOCC3)c(=O)n2C)c1C. The van der Waals surface area contributed by atoms with Gasteiger partial charge in [0.05, 0.1) is 13.2 Å². The Morgan fingerprint density at radius 1 is 1.03 bits per heavy atom. The van der Waals surface area contributed by atoms with E-state index in [-0.39, 0.29) is 11.2 Å². The monoisotopic (exact) mass is 424 g/mol. The van der Waals surface area contributed by atoms with Crippen LogP contribution in [0.3, 0.4) is 0 Å². The third-order valence-corrected chi connectivity index (χ3v) is 6.61. The molecule has 0 saturated carbocycles. The van der Waals surface area contributed by atoms with Gasteiger partial charge in [-0.1, -0.05) is 12.1 Å². The number of rotatable bonds is 4. The van der Waals surface area contributed by atoms with Crippen molar-refractivity contribution in [2.75, 3.05) is 44.3 Å². The molecule has 2 aliphatic heterocycles. The second kappa shape index (κ2) is 7.65. The number of nitrogens with zero attached hydrogens (tertiary/aromatic N) is 6. The molecule has 1 aromatic carbocycles. The van der Waals surface area contributed by atoms with Crippen LogP contribution in [0.1, 0.15) is 11.1 Å². The third-order valence-electron chi connectivity index (χ3n) is 6.61. The maximum atomic E-state index is 13.4. The molecule has 9 nitrogen and oxygen atoms in total. The van der Waals surface area contributed by atoms with E-state index in [0.29, 0.717) is 44.0 Å². The Kier molecular flexibility index (Phi) is 4.94. The number of anilines is 2. The Morgan fingerprint density at radius 2 is 1.81 bits per heavy atom. The van der Waals surface area contributed by atoms with Crippen LogP contribution in [0.25, 0.3) is 11.2 Å². The van der Waals surface area contributed by atoms with Crippen LogP contribution < -0.4 is 16.1 Å². The van der Waals surface area contributed by atoms with Crippen LogP contribution in [0, 0.1) is 13.8 Å². The average Bonchev–Trinajstić information content (AvgIpc) is 3.34. The summed E-state index contributed by atoms with van der Waals surface area (Å²) in [7, 11) is 1.69. The smallest absolute Gasteiger partial charge is 0.332 e. The van der Waals surface area contributed by atoms with Gasteiger partial charge in [-0.25, -0.2) is 4.79 Å². The lowest BCUT2D eigenvalue weighted by atomic mass is 10.1. The van der Waals surface area contributed by atoms with Crippen LogP contribution in [-0.4, -0.2) is 63.0 Å². The highest BCUT2D eigenvalue weighted by Gasteiger charge is 2.29. The first-order valence-electron chi connectivity index (χ1n) is 10.8. The van der Waals surface area contributed by atoms with Gasteiger partial charge in [-0.3, -0.25) is 18.8 Å². The first-order chi connectivity index (χ1) is 15.0. The molecular weight excluding hydrogens is 396 g/mol. The van der Waals surface area contributed by atoms with Gasteiger partial charge in [0.25, 0.3) is 5.56 Å². The van der Waals surface area contributed by atoms with Crippen LogP contribution in [0.15, 0.2) is 27.8 Å². The summed E-state index contributed by atoms with van der Waals surface area (Å²) < 4.78 is 10.2. The molecular formula is C22H28N6O3. The van der Waals surface area contributed by atoms with Crippen LogP contribution in [0.5, 0.6) is 0 Å². The van der Waals surface area contributed by atoms with Crippen molar-refractivity contribution in [1.29, 1.82) is 0 Å². The number of fused-ring (bicyclic) bond motifs is 3. The molecule has 2 aliphatic rings. The molecule has 31 heavy (non-hydrogen) atoms. The molecule has 0 amide bonds. The van der Waals surface area contributed by atoms with Crippen molar-refractivity contribution < 1.29 is 4.74 Å². The molecule has 5 rings (SSSR count). The van der Waals surface area contributed by atoms with E-state index in [0.717, 1.165) is 31.3 Å². The number of morpholine rings is 1. The van der Waals surface area contributed by atoms with E-state index in [4.69, 9.17) is 9.72 Å². The fraction of sp³-hybridized carbons (Fsp3) is 0.500. The summed E-state index contributed by atoms with van der Waals surface area (Å²) in [5.74, 6) is 0.724.